The van der Waals surface area contributed by atoms with Crippen LogP contribution in [0.1, 0.15) is 296 Å². The molecular formula is C55H100N2O4. The Morgan fingerprint density at radius 2 is 0.590 bits per heavy atom. The van der Waals surface area contributed by atoms with Gasteiger partial charge in [0.15, 0.2) is 5.75 Å². The van der Waals surface area contributed by atoms with Crippen LogP contribution in [0.25, 0.3) is 0 Å². The van der Waals surface area contributed by atoms with Crippen molar-refractivity contribution in [1.82, 2.24) is 0 Å². The molecule has 0 radical (unpaired) electrons. The number of hydrogen-bond acceptors (Lipinski definition) is 4. The van der Waals surface area contributed by atoms with Gasteiger partial charge in [0.1, 0.15) is 0 Å². The van der Waals surface area contributed by atoms with E-state index in [2.05, 4.69) is 31.4 Å². The molecule has 0 fully saturated rings. The number of rotatable bonds is 45. The average Bonchev–Trinajstić information content (AvgIpc) is 3.24. The molecule has 6 nitrogen and oxygen atoms in total. The van der Waals surface area contributed by atoms with Crippen LogP contribution in [0.5, 0.6) is 5.75 Å². The second-order valence-electron chi connectivity index (χ2n) is 18.7. The van der Waals surface area contributed by atoms with Gasteiger partial charge in [-0.2, -0.15) is 0 Å². The van der Waals surface area contributed by atoms with Crippen LogP contribution in [0, 0.1) is 6.92 Å². The molecule has 0 spiro atoms. The molecule has 354 valence electrons. The summed E-state index contributed by atoms with van der Waals surface area (Å²) in [5.74, 6) is -0.202. The van der Waals surface area contributed by atoms with Crippen molar-refractivity contribution in [2.24, 2.45) is 0 Å². The number of ether oxygens (including phenoxy) is 1. The number of amides is 2. The zero-order valence-corrected chi connectivity index (χ0v) is 41.0. The van der Waals surface area contributed by atoms with Crippen molar-refractivity contribution < 1.29 is 19.1 Å². The smallest absolute Gasteiger partial charge is 0.311 e. The lowest BCUT2D eigenvalue weighted by Crippen LogP contribution is -2.18. The summed E-state index contributed by atoms with van der Waals surface area (Å²) < 4.78 is 6.02. The van der Waals surface area contributed by atoms with E-state index in [-0.39, 0.29) is 23.5 Å². The van der Waals surface area contributed by atoms with E-state index in [0.717, 1.165) is 63.4 Å². The number of hydrogen-bond donors (Lipinski definition) is 2. The van der Waals surface area contributed by atoms with Crippen molar-refractivity contribution >= 4 is 29.2 Å². The van der Waals surface area contributed by atoms with Crippen LogP contribution in [-0.4, -0.2) is 17.8 Å². The number of esters is 1. The minimum Gasteiger partial charge on any atom is -0.422 e. The number of nitrogens with one attached hydrogen (secondary N) is 2. The molecule has 0 unspecified atom stereocenters. The predicted octanol–water partition coefficient (Wildman–Crippen LogP) is 18.2. The number of carbonyl (C=O) groups excluding carboxylic acids is 3. The van der Waals surface area contributed by atoms with Crippen LogP contribution in [0.3, 0.4) is 0 Å². The second-order valence-corrected chi connectivity index (χ2v) is 18.7. The van der Waals surface area contributed by atoms with Gasteiger partial charge >= 0.3 is 5.97 Å². The summed E-state index contributed by atoms with van der Waals surface area (Å²) in [5, 5.41) is 6.12. The highest BCUT2D eigenvalue weighted by Gasteiger charge is 2.19. The Balaban J connectivity index is 2.59. The first-order valence-electron chi connectivity index (χ1n) is 26.9. The van der Waals surface area contributed by atoms with Crippen LogP contribution in [-0.2, 0) is 14.4 Å². The fraction of sp³-hybridized carbons (Fsp3) is 0.836. The van der Waals surface area contributed by atoms with Gasteiger partial charge in [-0.3, -0.25) is 14.4 Å². The molecule has 0 heterocycles. The quantitative estimate of drug-likeness (QED) is 0.0389. The molecule has 1 aromatic carbocycles. The summed E-state index contributed by atoms with van der Waals surface area (Å²) in [4.78, 5) is 39.7. The molecule has 1 rings (SSSR count). The molecule has 0 aliphatic carbocycles. The third-order valence-electron chi connectivity index (χ3n) is 12.5. The van der Waals surface area contributed by atoms with Crippen LogP contribution in [0.15, 0.2) is 12.1 Å². The number of aryl methyl sites for hydroxylation is 1. The molecule has 2 N–H and O–H groups in total. The van der Waals surface area contributed by atoms with Crippen molar-refractivity contribution in [3.63, 3.8) is 0 Å². The Labute approximate surface area is 378 Å². The first-order chi connectivity index (χ1) is 29.9. The second kappa shape index (κ2) is 42.9. The fourth-order valence-electron chi connectivity index (χ4n) is 8.55. The first kappa shape index (κ1) is 56.6. The summed E-state index contributed by atoms with van der Waals surface area (Å²) in [6.45, 7) is 8.76. The molecule has 61 heavy (non-hydrogen) atoms. The van der Waals surface area contributed by atoms with Crippen molar-refractivity contribution in [3.05, 3.63) is 17.7 Å². The van der Waals surface area contributed by atoms with Crippen molar-refractivity contribution in [2.45, 2.75) is 297 Å². The van der Waals surface area contributed by atoms with E-state index in [1.54, 1.807) is 0 Å². The lowest BCUT2D eigenvalue weighted by atomic mass is 10.0. The summed E-state index contributed by atoms with van der Waals surface area (Å²) in [6.07, 6.45) is 50.3. The Hall–Kier alpha value is -2.37. The summed E-state index contributed by atoms with van der Waals surface area (Å²) >= 11 is 0. The minimum absolute atomic E-state index is 0.0771. The third-order valence-corrected chi connectivity index (χ3v) is 12.5. The molecule has 6 heteroatoms. The number of benzene rings is 1. The van der Waals surface area contributed by atoms with Crippen LogP contribution in [0.2, 0.25) is 0 Å². The largest absolute Gasteiger partial charge is 0.422 e. The topological polar surface area (TPSA) is 84.5 Å². The Morgan fingerprint density at radius 3 is 0.852 bits per heavy atom. The van der Waals surface area contributed by atoms with Gasteiger partial charge in [-0.1, -0.05) is 252 Å². The van der Waals surface area contributed by atoms with E-state index in [9.17, 15) is 14.4 Å². The predicted molar refractivity (Wildman–Crippen MR) is 265 cm³/mol. The summed E-state index contributed by atoms with van der Waals surface area (Å²) in [7, 11) is 0. The summed E-state index contributed by atoms with van der Waals surface area (Å²) in [6, 6.07) is 3.72. The maximum absolute atomic E-state index is 13.2. The zero-order valence-electron chi connectivity index (χ0n) is 41.0. The minimum atomic E-state index is -0.314. The highest BCUT2D eigenvalue weighted by molar-refractivity contribution is 5.98. The number of unbranched alkanes of at least 4 members (excludes halogenated alkanes) is 36. The van der Waals surface area contributed by atoms with Crippen molar-refractivity contribution in [3.8, 4) is 5.75 Å². The molecule has 0 atom stereocenters. The van der Waals surface area contributed by atoms with E-state index in [0.29, 0.717) is 30.6 Å². The van der Waals surface area contributed by atoms with Crippen molar-refractivity contribution in [1.29, 1.82) is 0 Å². The highest BCUT2D eigenvalue weighted by Crippen LogP contribution is 2.36. The standard InChI is InChI=1S/C55H100N2O4/c1-5-8-11-14-17-20-23-26-29-32-35-38-41-44-52(58)56-50-47-49(4)48-51(57-53(59)45-42-39-36-33-30-27-24-21-18-15-12-9-6-2)55(50)61-54(60)46-43-40-37-34-31-28-25-22-19-16-13-10-7-3/h47-48H,5-46H2,1-4H3,(H,56,58)(H,57,59). The molecule has 0 saturated heterocycles. The number of anilines is 2. The highest BCUT2D eigenvalue weighted by atomic mass is 16.5. The van der Waals surface area contributed by atoms with E-state index >= 15 is 0 Å². The molecule has 0 aliphatic heterocycles. The first-order valence-corrected chi connectivity index (χ1v) is 26.9. The van der Waals surface area contributed by atoms with Crippen molar-refractivity contribution in [2.75, 3.05) is 10.6 Å². The van der Waals surface area contributed by atoms with Crippen LogP contribution in [0.4, 0.5) is 11.4 Å². The Morgan fingerprint density at radius 1 is 0.361 bits per heavy atom. The third kappa shape index (κ3) is 35.8. The van der Waals surface area contributed by atoms with Crippen LogP contribution >= 0.6 is 0 Å². The lowest BCUT2D eigenvalue weighted by molar-refractivity contribution is -0.134. The SMILES string of the molecule is CCCCCCCCCCCCCCCC(=O)Nc1cc(C)cc(NC(=O)CCCCCCCCCCCCCCC)c1OC(=O)CCCCCCCCCCCCCCC. The molecule has 0 saturated carbocycles. The maximum Gasteiger partial charge on any atom is 0.311 e. The summed E-state index contributed by atoms with van der Waals surface area (Å²) in [5.41, 5.74) is 1.83. The Kier molecular flexibility index (Phi) is 39.8. The Bertz CT molecular complexity index is 1120. The van der Waals surface area contributed by atoms with Gasteiger partial charge in [0.05, 0.1) is 11.4 Å². The van der Waals surface area contributed by atoms with E-state index < -0.39 is 0 Å². The van der Waals surface area contributed by atoms with Gasteiger partial charge in [0.25, 0.3) is 0 Å². The molecule has 2 amide bonds. The molecule has 0 aromatic heterocycles. The zero-order chi connectivity index (χ0) is 44.3. The number of carbonyl (C=O) groups is 3. The van der Waals surface area contributed by atoms with Gasteiger partial charge in [0, 0.05) is 19.3 Å². The monoisotopic (exact) mass is 853 g/mol. The van der Waals surface area contributed by atoms with Gasteiger partial charge in [-0.25, -0.2) is 0 Å². The van der Waals surface area contributed by atoms with Gasteiger partial charge in [0.2, 0.25) is 11.8 Å². The van der Waals surface area contributed by atoms with Gasteiger partial charge in [-0.15, -0.1) is 0 Å². The van der Waals surface area contributed by atoms with E-state index in [1.165, 1.54) is 193 Å². The van der Waals surface area contributed by atoms with E-state index in [4.69, 9.17) is 4.74 Å². The molecular weight excluding hydrogens is 753 g/mol. The molecule has 1 aromatic rings. The fourth-order valence-corrected chi connectivity index (χ4v) is 8.55. The molecule has 0 aliphatic rings. The van der Waals surface area contributed by atoms with Gasteiger partial charge in [-0.05, 0) is 43.9 Å². The average molecular weight is 853 g/mol. The normalized spacial score (nSPS) is 11.3. The lowest BCUT2D eigenvalue weighted by Gasteiger charge is -2.17. The van der Waals surface area contributed by atoms with E-state index in [1.807, 2.05) is 19.1 Å². The molecule has 0 bridgehead atoms. The van der Waals surface area contributed by atoms with Crippen LogP contribution < -0.4 is 15.4 Å². The maximum atomic E-state index is 13.2. The van der Waals surface area contributed by atoms with Gasteiger partial charge < -0.3 is 15.4 Å².